The molecule has 0 spiro atoms. The maximum atomic E-state index is 12.2. The first-order valence-electron chi connectivity index (χ1n) is 6.96. The zero-order valence-electron chi connectivity index (χ0n) is 13.4. The minimum absolute atomic E-state index is 0.0942. The molecule has 0 radical (unpaired) electrons. The number of ether oxygens (including phenoxy) is 1. The van der Waals surface area contributed by atoms with Crippen LogP contribution in [0, 0.1) is 0 Å². The predicted molar refractivity (Wildman–Crippen MR) is 92.5 cm³/mol. The van der Waals surface area contributed by atoms with E-state index in [1.165, 1.54) is 43.5 Å². The summed E-state index contributed by atoms with van der Waals surface area (Å²) in [5.41, 5.74) is 4.83. The molecule has 0 bridgehead atoms. The summed E-state index contributed by atoms with van der Waals surface area (Å²) in [5.74, 6) is -0.913. The molecule has 0 saturated heterocycles. The molecule has 7 nitrogen and oxygen atoms in total. The highest BCUT2D eigenvalue weighted by atomic mass is 35.5. The van der Waals surface area contributed by atoms with Crippen LogP contribution in [-0.4, -0.2) is 33.6 Å². The lowest BCUT2D eigenvalue weighted by atomic mass is 10.2. The summed E-state index contributed by atoms with van der Waals surface area (Å²) < 4.78 is 27.9. The molecular formula is C16H15ClN2O5S. The van der Waals surface area contributed by atoms with Crippen molar-refractivity contribution < 1.29 is 22.7 Å². The van der Waals surface area contributed by atoms with Gasteiger partial charge in [0, 0.05) is 16.8 Å². The third-order valence-electron chi connectivity index (χ3n) is 3.24. The van der Waals surface area contributed by atoms with Crippen molar-refractivity contribution in [2.24, 2.45) is 0 Å². The number of hydrazine groups is 1. The highest BCUT2D eigenvalue weighted by Gasteiger charge is 2.15. The second-order valence-corrected chi connectivity index (χ2v) is 7.50. The van der Waals surface area contributed by atoms with Crippen molar-refractivity contribution in [3.63, 3.8) is 0 Å². The van der Waals surface area contributed by atoms with Crippen molar-refractivity contribution in [3.05, 3.63) is 58.6 Å². The van der Waals surface area contributed by atoms with E-state index >= 15 is 0 Å². The summed E-state index contributed by atoms with van der Waals surface area (Å²) in [6, 6.07) is 9.82. The van der Waals surface area contributed by atoms with Crippen molar-refractivity contribution in [1.29, 1.82) is 0 Å². The van der Waals surface area contributed by atoms with Crippen LogP contribution < -0.4 is 15.6 Å². The molecule has 0 fully saturated rings. The van der Waals surface area contributed by atoms with Crippen molar-refractivity contribution in [2.75, 3.05) is 13.4 Å². The molecule has 2 amide bonds. The zero-order valence-corrected chi connectivity index (χ0v) is 14.9. The summed E-state index contributed by atoms with van der Waals surface area (Å²) in [6.45, 7) is 0. The van der Waals surface area contributed by atoms with E-state index in [1.54, 1.807) is 6.07 Å². The maximum absolute atomic E-state index is 12.2. The molecule has 2 aromatic rings. The summed E-state index contributed by atoms with van der Waals surface area (Å²) in [5, 5.41) is 0.341. The number of hydrogen-bond acceptors (Lipinski definition) is 5. The van der Waals surface area contributed by atoms with Crippen molar-refractivity contribution in [2.45, 2.75) is 4.90 Å². The zero-order chi connectivity index (χ0) is 18.6. The fourth-order valence-electron chi connectivity index (χ4n) is 1.96. The van der Waals surface area contributed by atoms with E-state index in [-0.39, 0.29) is 16.0 Å². The van der Waals surface area contributed by atoms with Crippen LogP contribution in [-0.2, 0) is 9.84 Å². The summed E-state index contributed by atoms with van der Waals surface area (Å²) in [6.07, 6.45) is 1.07. The van der Waals surface area contributed by atoms with Crippen LogP contribution in [0.1, 0.15) is 20.7 Å². The third kappa shape index (κ3) is 4.71. The number of amides is 2. The van der Waals surface area contributed by atoms with Crippen LogP contribution >= 0.6 is 11.6 Å². The largest absolute Gasteiger partial charge is 0.496 e. The Morgan fingerprint density at radius 3 is 2.16 bits per heavy atom. The lowest BCUT2D eigenvalue weighted by molar-refractivity contribution is 0.0845. The molecule has 0 aliphatic carbocycles. The number of methoxy groups -OCH3 is 1. The topological polar surface area (TPSA) is 102 Å². The monoisotopic (exact) mass is 382 g/mol. The Balaban J connectivity index is 2.07. The summed E-state index contributed by atoms with van der Waals surface area (Å²) >= 11 is 5.86. The molecule has 0 aliphatic heterocycles. The molecule has 0 aliphatic rings. The van der Waals surface area contributed by atoms with Gasteiger partial charge in [-0.05, 0) is 42.5 Å². The number of hydrogen-bond donors (Lipinski definition) is 2. The van der Waals surface area contributed by atoms with Gasteiger partial charge in [-0.3, -0.25) is 20.4 Å². The Morgan fingerprint density at radius 1 is 1.00 bits per heavy atom. The van der Waals surface area contributed by atoms with Gasteiger partial charge in [-0.1, -0.05) is 11.6 Å². The molecule has 0 atom stereocenters. The molecule has 0 aromatic heterocycles. The van der Waals surface area contributed by atoms with E-state index in [0.717, 1.165) is 6.26 Å². The standard InChI is InChI=1S/C16H15ClN2O5S/c1-24-14-8-5-11(17)9-13(14)16(21)19-18-15(20)10-3-6-12(7-4-10)25(2,22)23/h3-9H,1-2H3,(H,18,20)(H,19,21). The highest BCUT2D eigenvalue weighted by Crippen LogP contribution is 2.22. The van der Waals surface area contributed by atoms with E-state index in [2.05, 4.69) is 10.9 Å². The number of sulfone groups is 1. The maximum Gasteiger partial charge on any atom is 0.273 e. The predicted octanol–water partition coefficient (Wildman–Crippen LogP) is 1.83. The number of benzene rings is 2. The SMILES string of the molecule is COc1ccc(Cl)cc1C(=O)NNC(=O)c1ccc(S(C)(=O)=O)cc1. The highest BCUT2D eigenvalue weighted by molar-refractivity contribution is 7.90. The van der Waals surface area contributed by atoms with Crippen LogP contribution in [0.3, 0.4) is 0 Å². The van der Waals surface area contributed by atoms with E-state index < -0.39 is 21.7 Å². The van der Waals surface area contributed by atoms with Crippen LogP contribution in [0.2, 0.25) is 5.02 Å². The number of nitrogens with one attached hydrogen (secondary N) is 2. The number of carbonyl (C=O) groups excluding carboxylic acids is 2. The van der Waals surface area contributed by atoms with Gasteiger partial charge in [-0.2, -0.15) is 0 Å². The Hall–Kier alpha value is -2.58. The molecule has 132 valence electrons. The van der Waals surface area contributed by atoms with E-state index in [9.17, 15) is 18.0 Å². The van der Waals surface area contributed by atoms with Crippen molar-refractivity contribution in [3.8, 4) is 5.75 Å². The van der Waals surface area contributed by atoms with Gasteiger partial charge in [0.25, 0.3) is 11.8 Å². The van der Waals surface area contributed by atoms with Gasteiger partial charge < -0.3 is 4.74 Å². The molecule has 0 saturated carbocycles. The smallest absolute Gasteiger partial charge is 0.273 e. The normalized spacial score (nSPS) is 10.8. The van der Waals surface area contributed by atoms with E-state index in [0.29, 0.717) is 10.8 Å². The minimum atomic E-state index is -3.35. The second-order valence-electron chi connectivity index (χ2n) is 5.05. The lowest BCUT2D eigenvalue weighted by Crippen LogP contribution is -2.41. The molecule has 0 unspecified atom stereocenters. The Bertz CT molecular complexity index is 911. The third-order valence-corrected chi connectivity index (χ3v) is 4.60. The Morgan fingerprint density at radius 2 is 1.60 bits per heavy atom. The van der Waals surface area contributed by atoms with Crippen LogP contribution in [0.4, 0.5) is 0 Å². The molecule has 2 aromatic carbocycles. The summed E-state index contributed by atoms with van der Waals surface area (Å²) in [7, 11) is -1.94. The van der Waals surface area contributed by atoms with Crippen LogP contribution in [0.25, 0.3) is 0 Å². The van der Waals surface area contributed by atoms with Crippen molar-refractivity contribution in [1.82, 2.24) is 10.9 Å². The van der Waals surface area contributed by atoms with E-state index in [1.807, 2.05) is 0 Å². The summed E-state index contributed by atoms with van der Waals surface area (Å²) in [4.78, 5) is 24.3. The lowest BCUT2D eigenvalue weighted by Gasteiger charge is -2.11. The Labute approximate surface area is 149 Å². The molecule has 0 heterocycles. The fraction of sp³-hybridized carbons (Fsp3) is 0.125. The first kappa shape index (κ1) is 18.8. The minimum Gasteiger partial charge on any atom is -0.496 e. The van der Waals surface area contributed by atoms with Gasteiger partial charge in [0.05, 0.1) is 17.6 Å². The molecule has 9 heteroatoms. The molecule has 2 N–H and O–H groups in total. The van der Waals surface area contributed by atoms with Crippen molar-refractivity contribution >= 4 is 33.3 Å². The van der Waals surface area contributed by atoms with Crippen LogP contribution in [0.5, 0.6) is 5.75 Å². The van der Waals surface area contributed by atoms with E-state index in [4.69, 9.17) is 16.3 Å². The van der Waals surface area contributed by atoms with Gasteiger partial charge in [-0.15, -0.1) is 0 Å². The van der Waals surface area contributed by atoms with Gasteiger partial charge in [-0.25, -0.2) is 8.42 Å². The van der Waals surface area contributed by atoms with Gasteiger partial charge in [0.2, 0.25) is 0 Å². The first-order chi connectivity index (χ1) is 11.7. The van der Waals surface area contributed by atoms with Gasteiger partial charge >= 0.3 is 0 Å². The molecule has 25 heavy (non-hydrogen) atoms. The average Bonchev–Trinajstić information content (AvgIpc) is 2.58. The molecular weight excluding hydrogens is 368 g/mol. The van der Waals surface area contributed by atoms with Gasteiger partial charge in [0.1, 0.15) is 5.75 Å². The second kappa shape index (κ2) is 7.54. The van der Waals surface area contributed by atoms with Crippen LogP contribution in [0.15, 0.2) is 47.4 Å². The Kier molecular flexibility index (Phi) is 5.66. The first-order valence-corrected chi connectivity index (χ1v) is 9.23. The number of rotatable bonds is 4. The number of halogens is 1. The molecule has 2 rings (SSSR count). The fourth-order valence-corrected chi connectivity index (χ4v) is 2.77. The quantitative estimate of drug-likeness (QED) is 0.785. The van der Waals surface area contributed by atoms with Gasteiger partial charge in [0.15, 0.2) is 9.84 Å². The number of carbonyl (C=O) groups is 2. The average molecular weight is 383 g/mol.